The highest BCUT2D eigenvalue weighted by Crippen LogP contribution is 2.42. The van der Waals surface area contributed by atoms with Gasteiger partial charge in [-0.1, -0.05) is 24.6 Å². The zero-order valence-corrected chi connectivity index (χ0v) is 14.4. The van der Waals surface area contributed by atoms with Crippen LogP contribution in [0.4, 0.5) is 13.2 Å². The standard InChI is InChI=1S/C19H25F3N2O/c1-11(15-7-2-3-8-16(15)19(20,21)22)24-18(25)14-9-12-5-4-6-13(10-14)17(12)23/h2-3,7-8,11-14,17H,4-6,9-10,23H2,1H3,(H,24,25). The van der Waals surface area contributed by atoms with Gasteiger partial charge in [0.2, 0.25) is 5.91 Å². The van der Waals surface area contributed by atoms with E-state index >= 15 is 0 Å². The lowest BCUT2D eigenvalue weighted by molar-refractivity contribution is -0.139. The summed E-state index contributed by atoms with van der Waals surface area (Å²) < 4.78 is 39.5. The average molecular weight is 354 g/mol. The van der Waals surface area contributed by atoms with Gasteiger partial charge in [0.25, 0.3) is 0 Å². The molecule has 6 heteroatoms. The normalized spacial score (nSPS) is 30.6. The third-order valence-corrected chi connectivity index (χ3v) is 5.88. The van der Waals surface area contributed by atoms with Gasteiger partial charge in [0.05, 0.1) is 11.6 Å². The Bertz CT molecular complexity index is 617. The smallest absolute Gasteiger partial charge is 0.349 e. The summed E-state index contributed by atoms with van der Waals surface area (Å²) in [6.07, 6.45) is 0.326. The molecule has 0 aromatic heterocycles. The van der Waals surface area contributed by atoms with Crippen LogP contribution in [-0.2, 0) is 11.0 Å². The Morgan fingerprint density at radius 1 is 1.20 bits per heavy atom. The molecule has 2 aliphatic rings. The number of hydrogen-bond donors (Lipinski definition) is 2. The van der Waals surface area contributed by atoms with Gasteiger partial charge in [0.15, 0.2) is 0 Å². The lowest BCUT2D eigenvalue weighted by Gasteiger charge is -2.43. The van der Waals surface area contributed by atoms with Gasteiger partial charge >= 0.3 is 6.18 Å². The van der Waals surface area contributed by atoms with E-state index in [1.807, 2.05) is 0 Å². The molecule has 1 aromatic carbocycles. The average Bonchev–Trinajstić information content (AvgIpc) is 2.53. The zero-order valence-electron chi connectivity index (χ0n) is 14.4. The van der Waals surface area contributed by atoms with Crippen LogP contribution in [0.1, 0.15) is 56.2 Å². The van der Waals surface area contributed by atoms with E-state index in [2.05, 4.69) is 5.32 Å². The number of halogens is 3. The van der Waals surface area contributed by atoms with Crippen LogP contribution < -0.4 is 11.1 Å². The molecule has 0 radical (unpaired) electrons. The predicted octanol–water partition coefficient (Wildman–Crippen LogP) is 4.04. The fraction of sp³-hybridized carbons (Fsp3) is 0.632. The first-order valence-corrected chi connectivity index (χ1v) is 8.99. The molecule has 3 rings (SSSR count). The van der Waals surface area contributed by atoms with Gasteiger partial charge in [0.1, 0.15) is 0 Å². The Balaban J connectivity index is 1.70. The second kappa shape index (κ2) is 6.98. The molecule has 2 saturated carbocycles. The molecule has 3 atom stereocenters. The quantitative estimate of drug-likeness (QED) is 0.861. The fourth-order valence-corrected chi connectivity index (χ4v) is 4.54. The van der Waals surface area contributed by atoms with Crippen LogP contribution in [0, 0.1) is 17.8 Å². The highest BCUT2D eigenvalue weighted by atomic mass is 19.4. The first-order valence-electron chi connectivity index (χ1n) is 8.99. The third kappa shape index (κ3) is 3.84. The van der Waals surface area contributed by atoms with E-state index in [4.69, 9.17) is 5.73 Å². The van der Waals surface area contributed by atoms with Gasteiger partial charge in [-0.2, -0.15) is 13.2 Å². The molecule has 138 valence electrons. The summed E-state index contributed by atoms with van der Waals surface area (Å²) in [5, 5.41) is 2.80. The van der Waals surface area contributed by atoms with Crippen LogP contribution in [0.25, 0.3) is 0 Å². The summed E-state index contributed by atoms with van der Waals surface area (Å²) in [5.41, 5.74) is 5.67. The molecule has 3 nitrogen and oxygen atoms in total. The third-order valence-electron chi connectivity index (χ3n) is 5.88. The molecule has 0 saturated heterocycles. The number of hydrogen-bond acceptors (Lipinski definition) is 2. The highest BCUT2D eigenvalue weighted by molar-refractivity contribution is 5.79. The van der Waals surface area contributed by atoms with Crippen molar-refractivity contribution in [2.75, 3.05) is 0 Å². The molecular formula is C19H25F3N2O. The molecule has 3 N–H and O–H groups in total. The van der Waals surface area contributed by atoms with Gasteiger partial charge < -0.3 is 11.1 Å². The topological polar surface area (TPSA) is 55.1 Å². The summed E-state index contributed by atoms with van der Waals surface area (Å²) >= 11 is 0. The van der Waals surface area contributed by atoms with E-state index in [0.717, 1.165) is 38.2 Å². The number of fused-ring (bicyclic) bond motifs is 2. The number of amides is 1. The Kier molecular flexibility index (Phi) is 5.09. The minimum atomic E-state index is -4.43. The summed E-state index contributed by atoms with van der Waals surface area (Å²) in [6.45, 7) is 1.61. The van der Waals surface area contributed by atoms with Crippen molar-refractivity contribution < 1.29 is 18.0 Å². The van der Waals surface area contributed by atoms with Gasteiger partial charge in [-0.25, -0.2) is 0 Å². The molecule has 25 heavy (non-hydrogen) atoms. The monoisotopic (exact) mass is 354 g/mol. The number of nitrogens with one attached hydrogen (secondary N) is 1. The van der Waals surface area contributed by atoms with E-state index in [0.29, 0.717) is 11.8 Å². The Hall–Kier alpha value is -1.56. The van der Waals surface area contributed by atoms with E-state index in [1.54, 1.807) is 13.0 Å². The summed E-state index contributed by atoms with van der Waals surface area (Å²) in [5.74, 6) is 0.436. The van der Waals surface area contributed by atoms with Gasteiger partial charge in [-0.15, -0.1) is 0 Å². The Labute approximate surface area is 146 Å². The molecule has 0 heterocycles. The Morgan fingerprint density at radius 3 is 2.40 bits per heavy atom. The van der Waals surface area contributed by atoms with Crippen molar-refractivity contribution in [2.45, 2.75) is 57.3 Å². The maximum Gasteiger partial charge on any atom is 0.416 e. The number of alkyl halides is 3. The van der Waals surface area contributed by atoms with Gasteiger partial charge in [-0.05, 0) is 56.1 Å². The number of carbonyl (C=O) groups excluding carboxylic acids is 1. The van der Waals surface area contributed by atoms with Crippen molar-refractivity contribution in [3.63, 3.8) is 0 Å². The van der Waals surface area contributed by atoms with Crippen molar-refractivity contribution in [2.24, 2.45) is 23.5 Å². The number of rotatable bonds is 3. The molecule has 1 amide bonds. The number of nitrogens with two attached hydrogens (primary N) is 1. The fourth-order valence-electron chi connectivity index (χ4n) is 4.54. The largest absolute Gasteiger partial charge is 0.416 e. The van der Waals surface area contributed by atoms with Gasteiger partial charge in [0, 0.05) is 12.0 Å². The van der Waals surface area contributed by atoms with Crippen LogP contribution in [-0.4, -0.2) is 11.9 Å². The molecule has 0 spiro atoms. The lowest BCUT2D eigenvalue weighted by atomic mass is 9.65. The van der Waals surface area contributed by atoms with Gasteiger partial charge in [-0.3, -0.25) is 4.79 Å². The molecule has 2 bridgehead atoms. The number of carbonyl (C=O) groups is 1. The Morgan fingerprint density at radius 2 is 1.80 bits per heavy atom. The van der Waals surface area contributed by atoms with Crippen molar-refractivity contribution in [1.82, 2.24) is 5.32 Å². The first-order chi connectivity index (χ1) is 11.8. The van der Waals surface area contributed by atoms with E-state index in [9.17, 15) is 18.0 Å². The van der Waals surface area contributed by atoms with Crippen LogP contribution in [0.2, 0.25) is 0 Å². The molecular weight excluding hydrogens is 329 g/mol. The van der Waals surface area contributed by atoms with Crippen LogP contribution in [0.5, 0.6) is 0 Å². The maximum atomic E-state index is 13.2. The molecule has 2 fully saturated rings. The second-order valence-corrected chi connectivity index (χ2v) is 7.51. The van der Waals surface area contributed by atoms with Crippen molar-refractivity contribution in [3.8, 4) is 0 Å². The van der Waals surface area contributed by atoms with Crippen molar-refractivity contribution in [1.29, 1.82) is 0 Å². The van der Waals surface area contributed by atoms with Crippen LogP contribution in [0.3, 0.4) is 0 Å². The summed E-state index contributed by atoms with van der Waals surface area (Å²) in [6, 6.07) is 4.91. The minimum absolute atomic E-state index is 0.107. The first kappa shape index (κ1) is 18.2. The van der Waals surface area contributed by atoms with Crippen molar-refractivity contribution >= 4 is 5.91 Å². The predicted molar refractivity (Wildman–Crippen MR) is 89.5 cm³/mol. The lowest BCUT2D eigenvalue weighted by Crippen LogP contribution is -2.49. The van der Waals surface area contributed by atoms with E-state index in [1.165, 1.54) is 12.1 Å². The second-order valence-electron chi connectivity index (χ2n) is 7.51. The summed E-state index contributed by atoms with van der Waals surface area (Å²) in [4.78, 5) is 12.6. The molecule has 1 aromatic rings. The van der Waals surface area contributed by atoms with Crippen LogP contribution >= 0.6 is 0 Å². The van der Waals surface area contributed by atoms with Crippen molar-refractivity contribution in [3.05, 3.63) is 35.4 Å². The summed E-state index contributed by atoms with van der Waals surface area (Å²) in [7, 11) is 0. The molecule has 3 unspecified atom stereocenters. The molecule has 0 aliphatic heterocycles. The van der Waals surface area contributed by atoms with Crippen LogP contribution in [0.15, 0.2) is 24.3 Å². The number of benzene rings is 1. The SMILES string of the molecule is CC(NC(=O)C1CC2CCCC(C1)C2N)c1ccccc1C(F)(F)F. The minimum Gasteiger partial charge on any atom is -0.349 e. The zero-order chi connectivity index (χ0) is 18.2. The maximum absolute atomic E-state index is 13.2. The van der Waals surface area contributed by atoms with E-state index < -0.39 is 17.8 Å². The highest BCUT2D eigenvalue weighted by Gasteiger charge is 2.41. The van der Waals surface area contributed by atoms with E-state index in [-0.39, 0.29) is 23.4 Å². The molecule has 2 aliphatic carbocycles.